The van der Waals surface area contributed by atoms with Crippen molar-refractivity contribution < 1.29 is 9.72 Å². The first kappa shape index (κ1) is 20.1. The van der Waals surface area contributed by atoms with Crippen molar-refractivity contribution in [3.63, 3.8) is 0 Å². The molecule has 3 N–H and O–H groups in total. The number of nitrogens with one attached hydrogen (secondary N) is 3. The monoisotopic (exact) mass is 424 g/mol. The molecule has 0 aliphatic heterocycles. The summed E-state index contributed by atoms with van der Waals surface area (Å²) in [5.41, 5.74) is 4.68. The van der Waals surface area contributed by atoms with E-state index in [1.165, 1.54) is 24.5 Å². The summed E-state index contributed by atoms with van der Waals surface area (Å²) in [4.78, 5) is 31.2. The van der Waals surface area contributed by atoms with E-state index in [9.17, 15) is 14.9 Å². The fourth-order valence-corrected chi connectivity index (χ4v) is 3.54. The molecule has 148 valence electrons. The molecule has 0 bridgehead atoms. The van der Waals surface area contributed by atoms with Gasteiger partial charge in [-0.05, 0) is 31.0 Å². The van der Waals surface area contributed by atoms with E-state index in [4.69, 9.17) is 23.2 Å². The molecule has 0 atom stereocenters. The van der Waals surface area contributed by atoms with Gasteiger partial charge >= 0.3 is 5.69 Å². The largest absolute Gasteiger partial charge is 0.361 e. The number of hydrazine groups is 1. The number of hydrogen-bond acceptors (Lipinski definition) is 7. The number of hydrogen-bond donors (Lipinski definition) is 3. The molecule has 3 rings (SSSR count). The molecule has 1 aromatic heterocycles. The Balaban J connectivity index is 1.76. The molecule has 1 aliphatic rings. The maximum atomic E-state index is 12.3. The van der Waals surface area contributed by atoms with E-state index in [1.54, 1.807) is 0 Å². The Morgan fingerprint density at radius 3 is 2.54 bits per heavy atom. The van der Waals surface area contributed by atoms with E-state index in [0.29, 0.717) is 5.02 Å². The van der Waals surface area contributed by atoms with Gasteiger partial charge in [0.1, 0.15) is 6.33 Å². The van der Waals surface area contributed by atoms with Gasteiger partial charge < -0.3 is 5.32 Å². The highest BCUT2D eigenvalue weighted by molar-refractivity contribution is 6.36. The Morgan fingerprint density at radius 2 is 1.86 bits per heavy atom. The molecule has 1 aromatic carbocycles. The van der Waals surface area contributed by atoms with Crippen LogP contribution in [0, 0.1) is 10.1 Å². The van der Waals surface area contributed by atoms with E-state index in [2.05, 4.69) is 26.1 Å². The quantitative estimate of drug-likeness (QED) is 0.469. The summed E-state index contributed by atoms with van der Waals surface area (Å²) in [6.45, 7) is 0. The number of carbonyl (C=O) groups excluding carboxylic acids is 1. The Kier molecular flexibility index (Phi) is 6.48. The van der Waals surface area contributed by atoms with Crippen molar-refractivity contribution in [3.05, 3.63) is 50.2 Å². The van der Waals surface area contributed by atoms with Gasteiger partial charge in [-0.2, -0.15) is 0 Å². The number of aromatic nitrogens is 2. The minimum atomic E-state index is -0.588. The number of nitrogens with zero attached hydrogens (tertiary/aromatic N) is 3. The second kappa shape index (κ2) is 9.03. The Bertz CT molecular complexity index is 889. The average Bonchev–Trinajstić information content (AvgIpc) is 2.66. The molecule has 28 heavy (non-hydrogen) atoms. The Labute approximate surface area is 171 Å². The maximum Gasteiger partial charge on any atom is 0.354 e. The zero-order chi connectivity index (χ0) is 20.1. The predicted octanol–water partition coefficient (Wildman–Crippen LogP) is 4.19. The van der Waals surface area contributed by atoms with Crippen molar-refractivity contribution in [1.29, 1.82) is 0 Å². The fourth-order valence-electron chi connectivity index (χ4n) is 3.05. The minimum absolute atomic E-state index is 0.119. The molecule has 0 unspecified atom stereocenters. The molecule has 1 saturated carbocycles. The second-order valence-corrected chi connectivity index (χ2v) is 7.20. The second-order valence-electron chi connectivity index (χ2n) is 6.36. The number of benzene rings is 1. The molecule has 2 aromatic rings. The Morgan fingerprint density at radius 1 is 1.14 bits per heavy atom. The minimum Gasteiger partial charge on any atom is -0.361 e. The highest BCUT2D eigenvalue weighted by Gasteiger charge is 2.26. The summed E-state index contributed by atoms with van der Waals surface area (Å²) < 4.78 is 0. The summed E-state index contributed by atoms with van der Waals surface area (Å²) in [5.74, 6) is -0.596. The van der Waals surface area contributed by atoms with Gasteiger partial charge in [-0.25, -0.2) is 9.97 Å². The fraction of sp³-hybridized carbons (Fsp3) is 0.353. The van der Waals surface area contributed by atoms with Gasteiger partial charge in [-0.1, -0.05) is 42.5 Å². The van der Waals surface area contributed by atoms with Crippen molar-refractivity contribution in [2.45, 2.75) is 38.1 Å². The molecule has 0 spiro atoms. The van der Waals surface area contributed by atoms with Crippen LogP contribution in [0.3, 0.4) is 0 Å². The van der Waals surface area contributed by atoms with Crippen LogP contribution in [0.25, 0.3) is 0 Å². The van der Waals surface area contributed by atoms with Crippen LogP contribution in [0.1, 0.15) is 42.5 Å². The van der Waals surface area contributed by atoms with Gasteiger partial charge in [-0.3, -0.25) is 25.8 Å². The first-order chi connectivity index (χ1) is 13.5. The van der Waals surface area contributed by atoms with Gasteiger partial charge in [0.2, 0.25) is 11.6 Å². The highest BCUT2D eigenvalue weighted by atomic mass is 35.5. The summed E-state index contributed by atoms with van der Waals surface area (Å²) in [5, 5.41) is 15.3. The molecule has 1 aliphatic carbocycles. The lowest BCUT2D eigenvalue weighted by Gasteiger charge is -2.23. The summed E-state index contributed by atoms with van der Waals surface area (Å²) >= 11 is 11.8. The van der Waals surface area contributed by atoms with E-state index in [0.717, 1.165) is 32.1 Å². The van der Waals surface area contributed by atoms with Crippen LogP contribution in [0.2, 0.25) is 10.0 Å². The molecular formula is C17H18Cl2N6O3. The Hall–Kier alpha value is -2.65. The zero-order valence-electron chi connectivity index (χ0n) is 14.7. The van der Waals surface area contributed by atoms with Crippen molar-refractivity contribution >= 4 is 46.4 Å². The predicted molar refractivity (Wildman–Crippen MR) is 107 cm³/mol. The van der Waals surface area contributed by atoms with Gasteiger partial charge in [0.15, 0.2) is 0 Å². The van der Waals surface area contributed by atoms with Crippen LogP contribution in [-0.2, 0) is 0 Å². The smallest absolute Gasteiger partial charge is 0.354 e. The van der Waals surface area contributed by atoms with Crippen LogP contribution in [0.15, 0.2) is 24.5 Å². The van der Waals surface area contributed by atoms with Gasteiger partial charge in [-0.15, -0.1) is 0 Å². The molecule has 1 fully saturated rings. The van der Waals surface area contributed by atoms with Gasteiger partial charge in [0.25, 0.3) is 5.91 Å². The number of nitro groups is 1. The number of carbonyl (C=O) groups is 1. The van der Waals surface area contributed by atoms with Crippen molar-refractivity contribution in [2.75, 3.05) is 10.7 Å². The average molecular weight is 425 g/mol. The first-order valence-corrected chi connectivity index (χ1v) is 9.48. The molecule has 1 amide bonds. The van der Waals surface area contributed by atoms with Crippen molar-refractivity contribution in [2.24, 2.45) is 0 Å². The summed E-state index contributed by atoms with van der Waals surface area (Å²) in [6.07, 6.45) is 6.35. The third-order valence-corrected chi connectivity index (χ3v) is 4.97. The van der Waals surface area contributed by atoms with Crippen LogP contribution in [0.5, 0.6) is 0 Å². The number of amides is 1. The molecule has 11 heteroatoms. The standard InChI is InChI=1S/C17H18Cl2N6O3/c18-10-6-7-12(13(19)8-10)17(26)24-23-16-14(25(27)28)15(20-9-21-16)22-11-4-2-1-3-5-11/h6-9,11H,1-5H2,(H,24,26)(H2,20,21,22,23). The van der Waals surface area contributed by atoms with Crippen molar-refractivity contribution in [1.82, 2.24) is 15.4 Å². The lowest BCUT2D eigenvalue weighted by atomic mass is 9.95. The zero-order valence-corrected chi connectivity index (χ0v) is 16.3. The van der Waals surface area contributed by atoms with E-state index < -0.39 is 10.8 Å². The summed E-state index contributed by atoms with van der Waals surface area (Å²) in [7, 11) is 0. The molecule has 0 saturated heterocycles. The number of anilines is 2. The van der Waals surface area contributed by atoms with E-state index in [1.807, 2.05) is 0 Å². The number of rotatable bonds is 6. The van der Waals surface area contributed by atoms with Crippen LogP contribution in [0.4, 0.5) is 17.3 Å². The highest BCUT2D eigenvalue weighted by Crippen LogP contribution is 2.31. The maximum absolute atomic E-state index is 12.3. The van der Waals surface area contributed by atoms with Gasteiger partial charge in [0, 0.05) is 11.1 Å². The van der Waals surface area contributed by atoms with E-state index >= 15 is 0 Å². The molecular weight excluding hydrogens is 407 g/mol. The first-order valence-electron chi connectivity index (χ1n) is 8.73. The third kappa shape index (κ3) is 4.79. The number of halogens is 2. The lowest BCUT2D eigenvalue weighted by molar-refractivity contribution is -0.383. The van der Waals surface area contributed by atoms with Crippen LogP contribution >= 0.6 is 23.2 Å². The molecule has 1 heterocycles. The van der Waals surface area contributed by atoms with E-state index in [-0.39, 0.29) is 34.0 Å². The molecule has 0 radical (unpaired) electrons. The summed E-state index contributed by atoms with van der Waals surface area (Å²) in [6, 6.07) is 4.52. The van der Waals surface area contributed by atoms with Crippen molar-refractivity contribution in [3.8, 4) is 0 Å². The molecule has 9 nitrogen and oxygen atoms in total. The van der Waals surface area contributed by atoms with Crippen LogP contribution in [-0.4, -0.2) is 26.8 Å². The van der Waals surface area contributed by atoms with Gasteiger partial charge in [0.05, 0.1) is 15.5 Å². The third-order valence-electron chi connectivity index (χ3n) is 4.42. The van der Waals surface area contributed by atoms with Crippen LogP contribution < -0.4 is 16.2 Å². The normalized spacial score (nSPS) is 14.4. The topological polar surface area (TPSA) is 122 Å². The SMILES string of the molecule is O=C(NNc1ncnc(NC2CCCCC2)c1[N+](=O)[O-])c1ccc(Cl)cc1Cl. The lowest BCUT2D eigenvalue weighted by Crippen LogP contribution is -2.31.